The van der Waals surface area contributed by atoms with Crippen LogP contribution in [0, 0.1) is 0 Å². The van der Waals surface area contributed by atoms with E-state index in [-0.39, 0.29) is 0 Å². The van der Waals surface area contributed by atoms with Gasteiger partial charge in [0.1, 0.15) is 0 Å². The number of nitrogens with zero attached hydrogens (tertiary/aromatic N) is 1. The first-order chi connectivity index (χ1) is 7.20. The second-order valence-electron chi connectivity index (χ2n) is 2.53. The molecule has 1 aromatic heterocycles. The molecule has 1 rings (SSSR count). The lowest BCUT2D eigenvalue weighted by Crippen LogP contribution is -2.18. The van der Waals surface area contributed by atoms with Gasteiger partial charge in [-0.1, -0.05) is 11.6 Å². The maximum absolute atomic E-state index is 12.3. The number of alkyl halides is 5. The average molecular weight is 264 g/mol. The minimum atomic E-state index is -5.16. The van der Waals surface area contributed by atoms with Crippen molar-refractivity contribution < 1.29 is 31.8 Å². The van der Waals surface area contributed by atoms with Crippen molar-refractivity contribution in [3.63, 3.8) is 0 Å². The third kappa shape index (κ3) is 3.09. The zero-order chi connectivity index (χ0) is 12.5. The summed E-state index contributed by atoms with van der Waals surface area (Å²) in [5, 5.41) is 8.18. The van der Waals surface area contributed by atoms with Crippen LogP contribution in [0.3, 0.4) is 0 Å². The minimum Gasteiger partial charge on any atom is -0.505 e. The van der Waals surface area contributed by atoms with Crippen molar-refractivity contribution in [3.8, 4) is 11.5 Å². The van der Waals surface area contributed by atoms with Gasteiger partial charge in [-0.05, 0) is 0 Å². The molecule has 0 aromatic carbocycles. The molecule has 3 nitrogen and oxygen atoms in total. The second kappa shape index (κ2) is 4.28. The highest BCUT2D eigenvalue weighted by Crippen LogP contribution is 2.36. The van der Waals surface area contributed by atoms with E-state index in [1.54, 1.807) is 0 Å². The van der Waals surface area contributed by atoms with Crippen LogP contribution >= 0.6 is 11.6 Å². The Kier molecular flexibility index (Phi) is 3.41. The number of pyridine rings is 1. The lowest BCUT2D eigenvalue weighted by molar-refractivity contribution is -0.275. The van der Waals surface area contributed by atoms with Crippen LogP contribution in [0.2, 0.25) is 5.15 Å². The Morgan fingerprint density at radius 1 is 1.38 bits per heavy atom. The molecule has 0 amide bonds. The van der Waals surface area contributed by atoms with E-state index in [0.717, 1.165) is 0 Å². The molecule has 0 spiro atoms. The molecule has 0 aliphatic heterocycles. The predicted molar refractivity (Wildman–Crippen MR) is 42.6 cm³/mol. The summed E-state index contributed by atoms with van der Waals surface area (Å²) in [4.78, 5) is 2.90. The third-order valence-corrected chi connectivity index (χ3v) is 1.66. The molecule has 0 bridgehead atoms. The standard InChI is InChI=1S/C7H3ClF5NO2/c8-5-2(15)1-3(16-7(11,12)13)4(14-5)6(9)10/h1,6,15H. The van der Waals surface area contributed by atoms with Crippen molar-refractivity contribution >= 4 is 11.6 Å². The van der Waals surface area contributed by atoms with E-state index < -0.39 is 35.1 Å². The van der Waals surface area contributed by atoms with E-state index in [0.29, 0.717) is 6.07 Å². The van der Waals surface area contributed by atoms with Crippen LogP contribution in [0.4, 0.5) is 22.0 Å². The van der Waals surface area contributed by atoms with Gasteiger partial charge in [0.25, 0.3) is 6.43 Å². The number of hydrogen-bond donors (Lipinski definition) is 1. The van der Waals surface area contributed by atoms with Gasteiger partial charge in [0.05, 0.1) is 0 Å². The van der Waals surface area contributed by atoms with Gasteiger partial charge >= 0.3 is 6.36 Å². The topological polar surface area (TPSA) is 42.4 Å². The Morgan fingerprint density at radius 3 is 2.38 bits per heavy atom. The number of rotatable bonds is 2. The number of ether oxygens (including phenoxy) is 1. The predicted octanol–water partition coefficient (Wildman–Crippen LogP) is 3.28. The highest BCUT2D eigenvalue weighted by atomic mass is 35.5. The van der Waals surface area contributed by atoms with Gasteiger partial charge in [-0.15, -0.1) is 13.2 Å². The van der Waals surface area contributed by atoms with E-state index in [4.69, 9.17) is 16.7 Å². The monoisotopic (exact) mass is 263 g/mol. The van der Waals surface area contributed by atoms with E-state index in [9.17, 15) is 22.0 Å². The largest absolute Gasteiger partial charge is 0.573 e. The summed E-state index contributed by atoms with van der Waals surface area (Å²) in [5.41, 5.74) is -1.29. The molecule has 1 N–H and O–H groups in total. The SMILES string of the molecule is Oc1cc(OC(F)(F)F)c(C(F)F)nc1Cl. The highest BCUT2D eigenvalue weighted by molar-refractivity contribution is 6.30. The van der Waals surface area contributed by atoms with Crippen molar-refractivity contribution in [1.29, 1.82) is 0 Å². The first-order valence-electron chi connectivity index (χ1n) is 3.64. The maximum atomic E-state index is 12.3. The Labute approximate surface area is 90.4 Å². The average Bonchev–Trinajstić information content (AvgIpc) is 2.07. The van der Waals surface area contributed by atoms with Gasteiger partial charge in [-0.25, -0.2) is 13.8 Å². The number of aromatic hydroxyl groups is 1. The Bertz CT molecular complexity index is 395. The molecule has 0 saturated carbocycles. The van der Waals surface area contributed by atoms with Crippen molar-refractivity contribution in [1.82, 2.24) is 4.98 Å². The molecule has 0 aliphatic carbocycles. The van der Waals surface area contributed by atoms with Crippen molar-refractivity contribution in [2.45, 2.75) is 12.8 Å². The zero-order valence-electron chi connectivity index (χ0n) is 7.23. The normalized spacial score (nSPS) is 11.9. The van der Waals surface area contributed by atoms with Crippen LogP contribution in [-0.4, -0.2) is 16.5 Å². The molecular weight excluding hydrogens is 261 g/mol. The van der Waals surface area contributed by atoms with Crippen LogP contribution in [0.5, 0.6) is 11.5 Å². The molecule has 0 saturated heterocycles. The van der Waals surface area contributed by atoms with Crippen LogP contribution < -0.4 is 4.74 Å². The zero-order valence-corrected chi connectivity index (χ0v) is 7.98. The molecular formula is C7H3ClF5NO2. The fourth-order valence-electron chi connectivity index (χ4n) is 0.839. The van der Waals surface area contributed by atoms with Crippen LogP contribution in [0.25, 0.3) is 0 Å². The molecule has 0 fully saturated rings. The summed E-state index contributed by atoms with van der Waals surface area (Å²) in [7, 11) is 0. The van der Waals surface area contributed by atoms with Gasteiger partial charge in [0, 0.05) is 6.07 Å². The molecule has 0 radical (unpaired) electrons. The molecule has 0 aliphatic rings. The quantitative estimate of drug-likeness (QED) is 0.658. The molecule has 1 aromatic rings. The van der Waals surface area contributed by atoms with Gasteiger partial charge < -0.3 is 9.84 Å². The fourth-order valence-corrected chi connectivity index (χ4v) is 0.984. The first kappa shape index (κ1) is 12.8. The summed E-state index contributed by atoms with van der Waals surface area (Å²) in [6, 6.07) is 0.324. The molecule has 1 heterocycles. The van der Waals surface area contributed by atoms with E-state index in [1.807, 2.05) is 0 Å². The third-order valence-electron chi connectivity index (χ3n) is 1.38. The van der Waals surface area contributed by atoms with Crippen LogP contribution in [0.15, 0.2) is 6.07 Å². The summed E-state index contributed by atoms with van der Waals surface area (Å²) >= 11 is 5.17. The Balaban J connectivity index is 3.20. The molecule has 0 unspecified atom stereocenters. The number of aromatic nitrogens is 1. The smallest absolute Gasteiger partial charge is 0.505 e. The van der Waals surface area contributed by atoms with Crippen LogP contribution in [0.1, 0.15) is 12.1 Å². The fraction of sp³-hybridized carbons (Fsp3) is 0.286. The van der Waals surface area contributed by atoms with Gasteiger partial charge in [0.2, 0.25) is 0 Å². The van der Waals surface area contributed by atoms with Crippen molar-refractivity contribution in [3.05, 3.63) is 16.9 Å². The second-order valence-corrected chi connectivity index (χ2v) is 2.89. The van der Waals surface area contributed by atoms with Crippen LogP contribution in [-0.2, 0) is 0 Å². The van der Waals surface area contributed by atoms with Crippen molar-refractivity contribution in [2.24, 2.45) is 0 Å². The molecule has 90 valence electrons. The van der Waals surface area contributed by atoms with E-state index >= 15 is 0 Å². The lowest BCUT2D eigenvalue weighted by atomic mass is 10.3. The van der Waals surface area contributed by atoms with Gasteiger partial charge in [0.15, 0.2) is 22.3 Å². The summed E-state index contributed by atoms with van der Waals surface area (Å²) < 4.78 is 63.2. The van der Waals surface area contributed by atoms with E-state index in [1.165, 1.54) is 0 Å². The maximum Gasteiger partial charge on any atom is 0.573 e. The number of halogens is 6. The van der Waals surface area contributed by atoms with Crippen molar-refractivity contribution in [2.75, 3.05) is 0 Å². The summed E-state index contributed by atoms with van der Waals surface area (Å²) in [6.45, 7) is 0. The molecule has 16 heavy (non-hydrogen) atoms. The van der Waals surface area contributed by atoms with Gasteiger partial charge in [-0.3, -0.25) is 0 Å². The minimum absolute atomic E-state index is 0.324. The molecule has 0 atom stereocenters. The highest BCUT2D eigenvalue weighted by Gasteiger charge is 2.34. The lowest BCUT2D eigenvalue weighted by Gasteiger charge is -2.12. The summed E-state index contributed by atoms with van der Waals surface area (Å²) in [5.74, 6) is -2.17. The Morgan fingerprint density at radius 2 is 1.94 bits per heavy atom. The first-order valence-corrected chi connectivity index (χ1v) is 4.02. The molecule has 9 heteroatoms. The summed E-state index contributed by atoms with van der Waals surface area (Å²) in [6.07, 6.45) is -8.47. The Hall–Kier alpha value is -1.31. The van der Waals surface area contributed by atoms with Gasteiger partial charge in [-0.2, -0.15) is 0 Å². The number of hydrogen-bond acceptors (Lipinski definition) is 3. The van der Waals surface area contributed by atoms with E-state index in [2.05, 4.69) is 9.72 Å².